The Kier molecular flexibility index (Phi) is 2.82. The largest absolute Gasteiger partial charge is 0.0619 e. The molecule has 0 amide bonds. The van der Waals surface area contributed by atoms with Gasteiger partial charge in [0.15, 0.2) is 0 Å². The van der Waals surface area contributed by atoms with Crippen LogP contribution in [0, 0.1) is 6.92 Å². The minimum atomic E-state index is 0.232. The van der Waals surface area contributed by atoms with Crippen LogP contribution in [0.5, 0.6) is 0 Å². The number of halogens is 1. The maximum absolute atomic E-state index is 3.81. The van der Waals surface area contributed by atoms with E-state index >= 15 is 0 Å². The Morgan fingerprint density at radius 3 is 2.48 bits per heavy atom. The highest BCUT2D eigenvalue weighted by molar-refractivity contribution is 9.10. The molecular formula is C22H19Br. The van der Waals surface area contributed by atoms with Crippen molar-refractivity contribution in [1.82, 2.24) is 0 Å². The van der Waals surface area contributed by atoms with E-state index in [0.717, 1.165) is 0 Å². The molecule has 5 rings (SSSR count). The zero-order valence-corrected chi connectivity index (χ0v) is 14.9. The van der Waals surface area contributed by atoms with Crippen LogP contribution >= 0.6 is 15.9 Å². The Labute approximate surface area is 145 Å². The molecule has 3 aromatic carbocycles. The first-order chi connectivity index (χ1) is 11.2. The lowest BCUT2D eigenvalue weighted by molar-refractivity contribution is 0.538. The van der Waals surface area contributed by atoms with E-state index in [0.29, 0.717) is 0 Å². The summed E-state index contributed by atoms with van der Waals surface area (Å²) >= 11 is 3.81. The number of aryl methyl sites for hydroxylation is 1. The van der Waals surface area contributed by atoms with Crippen LogP contribution in [0.15, 0.2) is 53.0 Å². The maximum Gasteiger partial charge on any atom is 0.0256 e. The number of hydrogen-bond acceptors (Lipinski definition) is 0. The predicted molar refractivity (Wildman–Crippen MR) is 101 cm³/mol. The van der Waals surface area contributed by atoms with Crippen LogP contribution in [0.25, 0.3) is 21.9 Å². The van der Waals surface area contributed by atoms with Crippen LogP contribution in [0.4, 0.5) is 0 Å². The molecule has 0 heterocycles. The van der Waals surface area contributed by atoms with Crippen LogP contribution in [-0.4, -0.2) is 0 Å². The number of fused-ring (bicyclic) bond motifs is 4. The summed E-state index contributed by atoms with van der Waals surface area (Å²) < 4.78 is 1.23. The second kappa shape index (κ2) is 4.70. The van der Waals surface area contributed by atoms with Crippen LogP contribution < -0.4 is 0 Å². The summed E-state index contributed by atoms with van der Waals surface area (Å²) in [4.78, 5) is 0. The molecule has 0 atom stereocenters. The molecule has 0 unspecified atom stereocenters. The zero-order chi connectivity index (χ0) is 15.6. The third kappa shape index (κ3) is 1.67. The van der Waals surface area contributed by atoms with Gasteiger partial charge in [0.2, 0.25) is 0 Å². The SMILES string of the molecule is Cc1cc(Br)c2cccc3c2c1-c1ccccc1C31CCCC1. The van der Waals surface area contributed by atoms with E-state index in [-0.39, 0.29) is 5.41 Å². The van der Waals surface area contributed by atoms with Crippen LogP contribution in [-0.2, 0) is 5.41 Å². The van der Waals surface area contributed by atoms with E-state index in [1.165, 1.54) is 57.6 Å². The Balaban J connectivity index is 2.05. The Bertz CT molecular complexity index is 946. The highest BCUT2D eigenvalue weighted by Crippen LogP contribution is 2.56. The first kappa shape index (κ1) is 13.8. The number of rotatable bonds is 0. The predicted octanol–water partition coefficient (Wildman–Crippen LogP) is 6.75. The van der Waals surface area contributed by atoms with Crippen molar-refractivity contribution in [2.75, 3.05) is 0 Å². The van der Waals surface area contributed by atoms with Gasteiger partial charge in [0.05, 0.1) is 0 Å². The van der Waals surface area contributed by atoms with E-state index in [1.54, 1.807) is 11.1 Å². The normalized spacial score (nSPS) is 17.7. The van der Waals surface area contributed by atoms with Crippen molar-refractivity contribution in [3.05, 3.63) is 69.7 Å². The fraction of sp³-hybridized carbons (Fsp3) is 0.273. The summed E-state index contributed by atoms with van der Waals surface area (Å²) in [6.07, 6.45) is 5.25. The van der Waals surface area contributed by atoms with Crippen LogP contribution in [0.1, 0.15) is 42.4 Å². The molecule has 114 valence electrons. The molecule has 1 spiro atoms. The zero-order valence-electron chi connectivity index (χ0n) is 13.3. The van der Waals surface area contributed by atoms with Crippen molar-refractivity contribution in [3.8, 4) is 11.1 Å². The van der Waals surface area contributed by atoms with Crippen molar-refractivity contribution in [3.63, 3.8) is 0 Å². The maximum atomic E-state index is 3.81. The van der Waals surface area contributed by atoms with Gasteiger partial charge in [-0.05, 0) is 64.4 Å². The first-order valence-electron chi connectivity index (χ1n) is 8.54. The molecule has 0 bridgehead atoms. The average Bonchev–Trinajstić information content (AvgIpc) is 3.05. The lowest BCUT2D eigenvalue weighted by Gasteiger charge is -2.38. The van der Waals surface area contributed by atoms with Gasteiger partial charge in [-0.15, -0.1) is 0 Å². The fourth-order valence-electron chi connectivity index (χ4n) is 5.08. The minimum absolute atomic E-state index is 0.232. The van der Waals surface area contributed by atoms with Crippen molar-refractivity contribution in [1.29, 1.82) is 0 Å². The van der Waals surface area contributed by atoms with Crippen molar-refractivity contribution < 1.29 is 0 Å². The highest BCUT2D eigenvalue weighted by Gasteiger charge is 2.43. The van der Waals surface area contributed by atoms with Gasteiger partial charge in [-0.3, -0.25) is 0 Å². The van der Waals surface area contributed by atoms with E-state index in [2.05, 4.69) is 71.4 Å². The Morgan fingerprint density at radius 2 is 1.65 bits per heavy atom. The molecule has 1 fully saturated rings. The molecule has 1 heteroatoms. The molecular weight excluding hydrogens is 344 g/mol. The lowest BCUT2D eigenvalue weighted by Crippen LogP contribution is -2.27. The Hall–Kier alpha value is -1.60. The second-order valence-electron chi connectivity index (χ2n) is 7.11. The molecule has 23 heavy (non-hydrogen) atoms. The van der Waals surface area contributed by atoms with E-state index in [9.17, 15) is 0 Å². The van der Waals surface area contributed by atoms with Gasteiger partial charge < -0.3 is 0 Å². The van der Waals surface area contributed by atoms with E-state index in [4.69, 9.17) is 0 Å². The van der Waals surface area contributed by atoms with E-state index < -0.39 is 0 Å². The summed E-state index contributed by atoms with van der Waals surface area (Å²) in [5.74, 6) is 0. The fourth-order valence-corrected chi connectivity index (χ4v) is 5.76. The van der Waals surface area contributed by atoms with Crippen LogP contribution in [0.2, 0.25) is 0 Å². The third-order valence-corrected chi connectivity index (χ3v) is 6.65. The van der Waals surface area contributed by atoms with Gasteiger partial charge in [-0.2, -0.15) is 0 Å². The second-order valence-corrected chi connectivity index (χ2v) is 7.97. The molecule has 2 aliphatic rings. The van der Waals surface area contributed by atoms with Crippen molar-refractivity contribution >= 4 is 26.7 Å². The summed E-state index contributed by atoms with van der Waals surface area (Å²) in [5, 5.41) is 2.85. The molecule has 0 aliphatic heterocycles. The van der Waals surface area contributed by atoms with Gasteiger partial charge in [0, 0.05) is 9.89 Å². The molecule has 0 N–H and O–H groups in total. The quantitative estimate of drug-likeness (QED) is 0.414. The van der Waals surface area contributed by atoms with Gasteiger partial charge in [-0.25, -0.2) is 0 Å². The summed E-state index contributed by atoms with van der Waals surface area (Å²) in [7, 11) is 0. The monoisotopic (exact) mass is 362 g/mol. The molecule has 3 aromatic rings. The third-order valence-electron chi connectivity index (χ3n) is 5.99. The molecule has 1 saturated carbocycles. The standard InChI is InChI=1S/C22H19Br/c1-14-13-19(23)16-8-6-10-18-21(16)20(14)15-7-2-3-9-17(15)22(18)11-4-5-12-22/h2-3,6-10,13H,4-5,11-12H2,1H3. The minimum Gasteiger partial charge on any atom is -0.0619 e. The first-order valence-corrected chi connectivity index (χ1v) is 9.34. The molecule has 0 aromatic heterocycles. The van der Waals surface area contributed by atoms with Gasteiger partial charge in [-0.1, -0.05) is 71.2 Å². The molecule has 0 nitrogen and oxygen atoms in total. The summed E-state index contributed by atoms with van der Waals surface area (Å²) in [6.45, 7) is 2.25. The van der Waals surface area contributed by atoms with Crippen LogP contribution in [0.3, 0.4) is 0 Å². The smallest absolute Gasteiger partial charge is 0.0256 e. The molecule has 0 saturated heterocycles. The summed E-state index contributed by atoms with van der Waals surface area (Å²) in [6, 6.07) is 18.3. The van der Waals surface area contributed by atoms with E-state index in [1.807, 2.05) is 0 Å². The molecule has 0 radical (unpaired) electrons. The van der Waals surface area contributed by atoms with Crippen molar-refractivity contribution in [2.45, 2.75) is 38.0 Å². The highest BCUT2D eigenvalue weighted by atomic mass is 79.9. The Morgan fingerprint density at radius 1 is 0.913 bits per heavy atom. The van der Waals surface area contributed by atoms with Gasteiger partial charge in [0.1, 0.15) is 0 Å². The van der Waals surface area contributed by atoms with Crippen molar-refractivity contribution in [2.24, 2.45) is 0 Å². The molecule has 2 aliphatic carbocycles. The number of hydrogen-bond donors (Lipinski definition) is 0. The topological polar surface area (TPSA) is 0 Å². The van der Waals surface area contributed by atoms with Gasteiger partial charge in [0.25, 0.3) is 0 Å². The van der Waals surface area contributed by atoms with Gasteiger partial charge >= 0.3 is 0 Å². The summed E-state index contributed by atoms with van der Waals surface area (Å²) in [5.41, 5.74) is 7.64. The average molecular weight is 363 g/mol. The number of benzene rings is 3. The lowest BCUT2D eigenvalue weighted by atomic mass is 9.65.